The van der Waals surface area contributed by atoms with Gasteiger partial charge in [-0.25, -0.2) is 8.42 Å². The van der Waals surface area contributed by atoms with Gasteiger partial charge in [0, 0.05) is 5.41 Å². The molecule has 0 aromatic heterocycles. The molecule has 2 bridgehead atoms. The van der Waals surface area contributed by atoms with Crippen LogP contribution in [-0.4, -0.2) is 24.4 Å². The largest absolute Gasteiger partial charge is 0.255 e. The zero-order valence-corrected chi connectivity index (χ0v) is 9.80. The van der Waals surface area contributed by atoms with Gasteiger partial charge in [0.2, 0.25) is 10.0 Å². The summed E-state index contributed by atoms with van der Waals surface area (Å²) in [5.41, 5.74) is -0.424. The summed E-state index contributed by atoms with van der Waals surface area (Å²) in [7, 11) is -3.12. The highest BCUT2D eigenvalue weighted by molar-refractivity contribution is 7.89. The monoisotopic (exact) mass is 229 g/mol. The molecule has 0 amide bonds. The molecule has 84 valence electrons. The topological polar surface area (TPSA) is 49.7 Å². The number of nitrogens with zero attached hydrogens (tertiary/aromatic N) is 1. The lowest BCUT2D eigenvalue weighted by molar-refractivity contribution is 0.0724. The average molecular weight is 229 g/mol. The normalized spacial score (nSPS) is 61.5. The van der Waals surface area contributed by atoms with Crippen LogP contribution in [0.25, 0.3) is 0 Å². The molecule has 4 fully saturated rings. The lowest BCUT2D eigenvalue weighted by atomic mass is 9.68. The van der Waals surface area contributed by atoms with Crippen molar-refractivity contribution in [1.29, 1.82) is 0 Å². The molecule has 4 nitrogen and oxygen atoms in total. The van der Waals surface area contributed by atoms with E-state index in [1.807, 2.05) is 0 Å². The second-order valence-electron chi connectivity index (χ2n) is 6.10. The van der Waals surface area contributed by atoms with Gasteiger partial charge >= 0.3 is 0 Å². The molecule has 2 saturated carbocycles. The van der Waals surface area contributed by atoms with E-state index in [1.54, 1.807) is 0 Å². The van der Waals surface area contributed by atoms with Crippen molar-refractivity contribution >= 4 is 10.0 Å². The molecule has 0 aromatic rings. The van der Waals surface area contributed by atoms with Gasteiger partial charge in [-0.1, -0.05) is 13.8 Å². The van der Waals surface area contributed by atoms with Crippen LogP contribution in [0.3, 0.4) is 0 Å². The van der Waals surface area contributed by atoms with Crippen LogP contribution in [0.5, 0.6) is 0 Å². The third kappa shape index (κ3) is 0.626. The fourth-order valence-electron chi connectivity index (χ4n) is 4.59. The van der Waals surface area contributed by atoms with Crippen LogP contribution >= 0.6 is 0 Å². The lowest BCUT2D eigenvalue weighted by Crippen LogP contribution is -2.41. The van der Waals surface area contributed by atoms with E-state index >= 15 is 0 Å². The Hall–Kier alpha value is -0.130. The van der Waals surface area contributed by atoms with Crippen molar-refractivity contribution in [3.8, 4) is 0 Å². The van der Waals surface area contributed by atoms with Crippen LogP contribution in [0.1, 0.15) is 33.1 Å². The molecular weight excluding hydrogens is 214 g/mol. The van der Waals surface area contributed by atoms with Crippen molar-refractivity contribution < 1.29 is 13.3 Å². The van der Waals surface area contributed by atoms with Crippen LogP contribution in [0.2, 0.25) is 0 Å². The Morgan fingerprint density at radius 1 is 1.40 bits per heavy atom. The smallest absolute Gasteiger partial charge is 0.239 e. The lowest BCUT2D eigenvalue weighted by Gasteiger charge is -2.36. The third-order valence-corrected chi connectivity index (χ3v) is 7.35. The number of fused-ring (bicyclic) bond motifs is 1. The third-order valence-electron chi connectivity index (χ3n) is 5.62. The van der Waals surface area contributed by atoms with E-state index in [0.717, 1.165) is 12.8 Å². The molecule has 4 rings (SSSR count). The zero-order chi connectivity index (χ0) is 10.7. The highest BCUT2D eigenvalue weighted by Gasteiger charge is 2.88. The molecule has 2 saturated heterocycles. The minimum Gasteiger partial charge on any atom is -0.255 e. The Morgan fingerprint density at radius 3 is 2.67 bits per heavy atom. The minimum atomic E-state index is -3.12. The van der Waals surface area contributed by atoms with Gasteiger partial charge in [-0.05, 0) is 35.1 Å². The maximum atomic E-state index is 11.9. The van der Waals surface area contributed by atoms with Gasteiger partial charge in [0.25, 0.3) is 0 Å². The molecule has 4 atom stereocenters. The second-order valence-corrected chi connectivity index (χ2v) is 7.89. The van der Waals surface area contributed by atoms with E-state index in [4.69, 9.17) is 4.84 Å². The summed E-state index contributed by atoms with van der Waals surface area (Å²) in [6.45, 7) is 4.44. The molecule has 2 aliphatic carbocycles. The van der Waals surface area contributed by atoms with E-state index in [1.165, 1.54) is 10.9 Å². The quantitative estimate of drug-likeness (QED) is 0.584. The summed E-state index contributed by atoms with van der Waals surface area (Å²) in [5.74, 6) is 0.946. The van der Waals surface area contributed by atoms with Crippen molar-refractivity contribution in [1.82, 2.24) is 4.47 Å². The average Bonchev–Trinajstić information content (AvgIpc) is 2.70. The van der Waals surface area contributed by atoms with Gasteiger partial charge in [0.1, 0.15) is 0 Å². The second kappa shape index (κ2) is 1.89. The van der Waals surface area contributed by atoms with E-state index in [0.29, 0.717) is 11.7 Å². The number of rotatable bonds is 0. The SMILES string of the molecule is CC1(C)C2CC[C@@]13CS(=O)(=O)N1O[C@@]13C2. The number of hydrogen-bond donors (Lipinski definition) is 0. The molecule has 4 aliphatic rings. The maximum absolute atomic E-state index is 11.9. The summed E-state index contributed by atoms with van der Waals surface area (Å²) < 4.78 is 25.1. The first-order valence-electron chi connectivity index (χ1n) is 5.58. The van der Waals surface area contributed by atoms with Crippen LogP contribution < -0.4 is 0 Å². The predicted molar refractivity (Wildman–Crippen MR) is 53.0 cm³/mol. The van der Waals surface area contributed by atoms with E-state index < -0.39 is 15.7 Å². The Bertz CT molecular complexity index is 471. The number of hydrogen-bond acceptors (Lipinski definition) is 3. The first-order chi connectivity index (χ1) is 6.86. The molecular formula is C10H15NO3S. The first-order valence-corrected chi connectivity index (χ1v) is 7.19. The fourth-order valence-corrected chi connectivity index (χ4v) is 7.01. The molecule has 2 aliphatic heterocycles. The van der Waals surface area contributed by atoms with Crippen molar-refractivity contribution in [2.45, 2.75) is 38.8 Å². The first kappa shape index (κ1) is 8.96. The molecule has 2 unspecified atom stereocenters. The van der Waals surface area contributed by atoms with Gasteiger partial charge in [-0.15, -0.1) is 0 Å². The number of hydroxylamine groups is 1. The van der Waals surface area contributed by atoms with Gasteiger partial charge in [0.05, 0.1) is 5.75 Å². The molecule has 2 spiro atoms. The Labute approximate surface area is 89.6 Å². The molecule has 5 heteroatoms. The summed E-state index contributed by atoms with van der Waals surface area (Å²) in [5, 5.41) is 0. The van der Waals surface area contributed by atoms with Crippen LogP contribution in [0, 0.1) is 16.7 Å². The van der Waals surface area contributed by atoms with Crippen molar-refractivity contribution in [3.05, 3.63) is 0 Å². The predicted octanol–water partition coefficient (Wildman–Crippen LogP) is 1.10. The van der Waals surface area contributed by atoms with E-state index in [9.17, 15) is 8.42 Å². The standard InChI is InChI=1S/C10H15NO3S/c1-8(2)7-3-4-9(8)6-15(12,13)11-10(9,5-7)14-11/h7H,3-6H2,1-2H3/t7?,9-,10-,11?/m1/s1. The fraction of sp³-hybridized carbons (Fsp3) is 1.00. The van der Waals surface area contributed by atoms with Crippen LogP contribution in [0.4, 0.5) is 0 Å². The molecule has 15 heavy (non-hydrogen) atoms. The van der Waals surface area contributed by atoms with Crippen LogP contribution in [0.15, 0.2) is 0 Å². The molecule has 0 aromatic carbocycles. The van der Waals surface area contributed by atoms with Gasteiger partial charge in [-0.3, -0.25) is 4.84 Å². The van der Waals surface area contributed by atoms with Crippen molar-refractivity contribution in [2.75, 3.05) is 5.75 Å². The summed E-state index contributed by atoms with van der Waals surface area (Å²) >= 11 is 0. The van der Waals surface area contributed by atoms with Crippen molar-refractivity contribution in [3.63, 3.8) is 0 Å². The molecule has 0 N–H and O–H groups in total. The Kier molecular flexibility index (Phi) is 1.13. The number of sulfonamides is 1. The Balaban J connectivity index is 1.99. The van der Waals surface area contributed by atoms with E-state index in [2.05, 4.69) is 13.8 Å². The molecule has 2 heterocycles. The van der Waals surface area contributed by atoms with Gasteiger partial charge in [0.15, 0.2) is 5.72 Å². The zero-order valence-electron chi connectivity index (χ0n) is 8.99. The summed E-state index contributed by atoms with van der Waals surface area (Å²) in [4.78, 5) is 5.49. The van der Waals surface area contributed by atoms with Crippen molar-refractivity contribution in [2.24, 2.45) is 16.7 Å². The van der Waals surface area contributed by atoms with E-state index in [-0.39, 0.29) is 10.8 Å². The van der Waals surface area contributed by atoms with Gasteiger partial charge < -0.3 is 0 Å². The Morgan fingerprint density at radius 2 is 2.13 bits per heavy atom. The highest BCUT2D eigenvalue weighted by Crippen LogP contribution is 2.80. The van der Waals surface area contributed by atoms with Crippen LogP contribution in [-0.2, 0) is 14.9 Å². The maximum Gasteiger partial charge on any atom is 0.239 e. The summed E-state index contributed by atoms with van der Waals surface area (Å²) in [6, 6.07) is 0. The minimum absolute atomic E-state index is 0.116. The van der Waals surface area contributed by atoms with Gasteiger partial charge in [-0.2, -0.15) is 0 Å². The highest BCUT2D eigenvalue weighted by atomic mass is 32.2. The molecule has 0 radical (unpaired) electrons. The summed E-state index contributed by atoms with van der Waals surface area (Å²) in [6.07, 6.45) is 3.10.